The normalized spacial score (nSPS) is 12.8. The van der Waals surface area contributed by atoms with Crippen LogP contribution in [0.3, 0.4) is 0 Å². The average molecular weight is 314 g/mol. The van der Waals surface area contributed by atoms with Gasteiger partial charge in [0, 0.05) is 11.8 Å². The molecular formula is C13H15FN2O2S2. The van der Waals surface area contributed by atoms with Crippen LogP contribution in [0.4, 0.5) is 4.39 Å². The summed E-state index contributed by atoms with van der Waals surface area (Å²) in [5.74, 6) is -1.37. The Morgan fingerprint density at radius 3 is 2.95 bits per heavy atom. The van der Waals surface area contributed by atoms with E-state index in [2.05, 4.69) is 11.9 Å². The standard InChI is InChI=1S/C13H15FN2O2S2/c1-8(19-2)6-16-10-5-3-4-9(14)12(10)15-13(16)20-7-11(17)18/h3-5,8H,6-7H2,1-2H3,(H,17,18). The molecule has 0 aliphatic rings. The second-order valence-corrected chi connectivity index (χ2v) is 6.56. The highest BCUT2D eigenvalue weighted by Crippen LogP contribution is 2.27. The maximum atomic E-state index is 13.8. The molecule has 0 bridgehead atoms. The smallest absolute Gasteiger partial charge is 0.313 e. The van der Waals surface area contributed by atoms with Gasteiger partial charge in [0.15, 0.2) is 11.0 Å². The highest BCUT2D eigenvalue weighted by atomic mass is 32.2. The molecule has 0 saturated carbocycles. The predicted octanol–water partition coefficient (Wildman–Crippen LogP) is 3.10. The molecule has 4 nitrogen and oxygen atoms in total. The molecule has 20 heavy (non-hydrogen) atoms. The zero-order chi connectivity index (χ0) is 14.7. The molecule has 0 amide bonds. The third kappa shape index (κ3) is 3.27. The molecule has 1 N–H and O–H groups in total. The third-order valence-corrected chi connectivity index (χ3v) is 4.78. The first kappa shape index (κ1) is 15.2. The van der Waals surface area contributed by atoms with Gasteiger partial charge >= 0.3 is 5.97 Å². The zero-order valence-electron chi connectivity index (χ0n) is 11.2. The highest BCUT2D eigenvalue weighted by molar-refractivity contribution is 7.99. The summed E-state index contributed by atoms with van der Waals surface area (Å²) in [5.41, 5.74) is 1.01. The van der Waals surface area contributed by atoms with Crippen LogP contribution in [0.25, 0.3) is 11.0 Å². The lowest BCUT2D eigenvalue weighted by Crippen LogP contribution is -2.10. The van der Waals surface area contributed by atoms with E-state index in [-0.39, 0.29) is 11.6 Å². The summed E-state index contributed by atoms with van der Waals surface area (Å²) in [5, 5.41) is 9.67. The van der Waals surface area contributed by atoms with Crippen LogP contribution in [0.15, 0.2) is 23.4 Å². The zero-order valence-corrected chi connectivity index (χ0v) is 12.8. The van der Waals surface area contributed by atoms with Crippen molar-refractivity contribution in [3.05, 3.63) is 24.0 Å². The first-order valence-electron chi connectivity index (χ1n) is 6.05. The van der Waals surface area contributed by atoms with E-state index in [9.17, 15) is 9.18 Å². The number of carboxylic acid groups (broad SMARTS) is 1. The molecule has 1 aromatic heterocycles. The maximum absolute atomic E-state index is 13.8. The number of benzene rings is 1. The quantitative estimate of drug-likeness (QED) is 0.830. The van der Waals surface area contributed by atoms with Crippen molar-refractivity contribution in [2.24, 2.45) is 0 Å². The number of para-hydroxylation sites is 1. The van der Waals surface area contributed by atoms with Gasteiger partial charge in [-0.15, -0.1) is 0 Å². The number of aromatic nitrogens is 2. The monoisotopic (exact) mass is 314 g/mol. The van der Waals surface area contributed by atoms with E-state index in [1.807, 2.05) is 16.9 Å². The van der Waals surface area contributed by atoms with Gasteiger partial charge in [-0.3, -0.25) is 4.79 Å². The lowest BCUT2D eigenvalue weighted by molar-refractivity contribution is -0.133. The van der Waals surface area contributed by atoms with E-state index in [1.54, 1.807) is 17.8 Å². The molecule has 1 atom stereocenters. The summed E-state index contributed by atoms with van der Waals surface area (Å²) in [6, 6.07) is 4.82. The fraction of sp³-hybridized carbons (Fsp3) is 0.385. The maximum Gasteiger partial charge on any atom is 0.313 e. The van der Waals surface area contributed by atoms with Gasteiger partial charge in [-0.25, -0.2) is 9.37 Å². The van der Waals surface area contributed by atoms with Crippen molar-refractivity contribution in [3.63, 3.8) is 0 Å². The number of hydrogen-bond acceptors (Lipinski definition) is 4. The largest absolute Gasteiger partial charge is 0.481 e. The van der Waals surface area contributed by atoms with E-state index in [4.69, 9.17) is 5.11 Å². The van der Waals surface area contributed by atoms with Crippen LogP contribution >= 0.6 is 23.5 Å². The molecule has 0 aliphatic heterocycles. The molecule has 2 aromatic rings. The van der Waals surface area contributed by atoms with Crippen molar-refractivity contribution in [2.45, 2.75) is 23.9 Å². The number of imidazole rings is 1. The minimum absolute atomic E-state index is 0.0847. The Morgan fingerprint density at radius 2 is 2.30 bits per heavy atom. The molecule has 108 valence electrons. The van der Waals surface area contributed by atoms with E-state index in [0.29, 0.717) is 28.0 Å². The second-order valence-electron chi connectivity index (χ2n) is 4.34. The summed E-state index contributed by atoms with van der Waals surface area (Å²) >= 11 is 2.82. The lowest BCUT2D eigenvalue weighted by Gasteiger charge is -2.12. The predicted molar refractivity (Wildman–Crippen MR) is 81.0 cm³/mol. The van der Waals surface area contributed by atoms with Crippen LogP contribution in [0, 0.1) is 5.82 Å². The van der Waals surface area contributed by atoms with E-state index in [0.717, 1.165) is 11.8 Å². The number of halogens is 1. The van der Waals surface area contributed by atoms with Gasteiger partial charge in [-0.2, -0.15) is 11.8 Å². The van der Waals surface area contributed by atoms with Crippen LogP contribution < -0.4 is 0 Å². The van der Waals surface area contributed by atoms with Crippen LogP contribution in [-0.2, 0) is 11.3 Å². The fourth-order valence-corrected chi connectivity index (χ4v) is 2.87. The molecule has 0 spiro atoms. The van der Waals surface area contributed by atoms with Gasteiger partial charge in [-0.05, 0) is 18.4 Å². The lowest BCUT2D eigenvalue weighted by atomic mass is 10.3. The third-order valence-electron chi connectivity index (χ3n) is 2.86. The Kier molecular flexibility index (Phi) is 4.93. The van der Waals surface area contributed by atoms with Crippen LogP contribution in [0.2, 0.25) is 0 Å². The van der Waals surface area contributed by atoms with Crippen molar-refractivity contribution < 1.29 is 14.3 Å². The second kappa shape index (κ2) is 6.49. The first-order chi connectivity index (χ1) is 9.52. The van der Waals surface area contributed by atoms with Gasteiger partial charge < -0.3 is 9.67 Å². The Morgan fingerprint density at radius 1 is 1.55 bits per heavy atom. The number of hydrogen-bond donors (Lipinski definition) is 1. The van der Waals surface area contributed by atoms with Gasteiger partial charge in [0.05, 0.1) is 11.3 Å². The van der Waals surface area contributed by atoms with Crippen molar-refractivity contribution in [3.8, 4) is 0 Å². The van der Waals surface area contributed by atoms with Crippen molar-refractivity contribution in [1.29, 1.82) is 0 Å². The van der Waals surface area contributed by atoms with Crippen LogP contribution in [-0.4, -0.2) is 37.9 Å². The number of carbonyl (C=O) groups is 1. The Balaban J connectivity index is 2.45. The molecule has 7 heteroatoms. The van der Waals surface area contributed by atoms with Crippen molar-refractivity contribution >= 4 is 40.5 Å². The topological polar surface area (TPSA) is 55.1 Å². The average Bonchev–Trinajstić information content (AvgIpc) is 2.76. The minimum Gasteiger partial charge on any atom is -0.481 e. The molecule has 0 aliphatic carbocycles. The van der Waals surface area contributed by atoms with E-state index >= 15 is 0 Å². The number of nitrogens with zero attached hydrogens (tertiary/aromatic N) is 2. The first-order valence-corrected chi connectivity index (χ1v) is 8.32. The Labute approximate surface area is 124 Å². The Bertz CT molecular complexity index is 630. The number of thioether (sulfide) groups is 2. The van der Waals surface area contributed by atoms with E-state index < -0.39 is 5.97 Å². The molecular weight excluding hydrogens is 299 g/mol. The number of carboxylic acids is 1. The number of aliphatic carboxylic acids is 1. The van der Waals surface area contributed by atoms with Gasteiger partial charge in [0.2, 0.25) is 0 Å². The van der Waals surface area contributed by atoms with Gasteiger partial charge in [-0.1, -0.05) is 24.8 Å². The minimum atomic E-state index is -0.910. The van der Waals surface area contributed by atoms with Gasteiger partial charge in [0.25, 0.3) is 0 Å². The SMILES string of the molecule is CSC(C)Cn1c(SCC(=O)O)nc2c(F)cccc21. The highest BCUT2D eigenvalue weighted by Gasteiger charge is 2.16. The summed E-state index contributed by atoms with van der Waals surface area (Å²) < 4.78 is 15.7. The van der Waals surface area contributed by atoms with Crippen molar-refractivity contribution in [1.82, 2.24) is 9.55 Å². The number of rotatable bonds is 6. The summed E-state index contributed by atoms with van der Waals surface area (Å²) in [6.45, 7) is 2.74. The summed E-state index contributed by atoms with van der Waals surface area (Å²) in [4.78, 5) is 15.0. The number of fused-ring (bicyclic) bond motifs is 1. The molecule has 0 radical (unpaired) electrons. The molecule has 1 aromatic carbocycles. The molecule has 1 unspecified atom stereocenters. The summed E-state index contributed by atoms with van der Waals surface area (Å²) in [6.07, 6.45) is 2.01. The van der Waals surface area contributed by atoms with Crippen LogP contribution in [0.5, 0.6) is 0 Å². The van der Waals surface area contributed by atoms with Crippen LogP contribution in [0.1, 0.15) is 6.92 Å². The van der Waals surface area contributed by atoms with E-state index in [1.165, 1.54) is 6.07 Å². The molecule has 0 fully saturated rings. The Hall–Kier alpha value is -1.21. The van der Waals surface area contributed by atoms with Crippen molar-refractivity contribution in [2.75, 3.05) is 12.0 Å². The molecule has 1 heterocycles. The molecule has 2 rings (SSSR count). The molecule has 0 saturated heterocycles. The fourth-order valence-electron chi connectivity index (χ4n) is 1.84. The summed E-state index contributed by atoms with van der Waals surface area (Å²) in [7, 11) is 0. The van der Waals surface area contributed by atoms with Gasteiger partial charge in [0.1, 0.15) is 5.52 Å².